The highest BCUT2D eigenvalue weighted by atomic mass is 16.6. The standard InChI is InChI=1S/C8H7N3O3.C2H6/c1-14-8-3-6-5(4-9-10-6)2-7(8)11(12)13;1-2/h2-4H,1H3,(H,9,10);1-2H3. The molecule has 0 atom stereocenters. The summed E-state index contributed by atoms with van der Waals surface area (Å²) in [7, 11) is 1.39. The number of fused-ring (bicyclic) bond motifs is 1. The fraction of sp³-hybridized carbons (Fsp3) is 0.300. The number of nitro benzene ring substituents is 1. The largest absolute Gasteiger partial charge is 0.490 e. The van der Waals surface area contributed by atoms with Gasteiger partial charge in [-0.1, -0.05) is 13.8 Å². The van der Waals surface area contributed by atoms with Gasteiger partial charge in [-0.2, -0.15) is 5.10 Å². The molecule has 0 unspecified atom stereocenters. The maximum Gasteiger partial charge on any atom is 0.311 e. The van der Waals surface area contributed by atoms with Crippen molar-refractivity contribution in [3.05, 3.63) is 28.4 Å². The molecule has 1 heterocycles. The lowest BCUT2D eigenvalue weighted by Crippen LogP contribution is -1.93. The van der Waals surface area contributed by atoms with Crippen molar-refractivity contribution in [3.8, 4) is 5.75 Å². The van der Waals surface area contributed by atoms with Gasteiger partial charge in [-0.25, -0.2) is 0 Å². The Labute approximate surface area is 92.4 Å². The molecule has 2 rings (SSSR count). The van der Waals surface area contributed by atoms with Gasteiger partial charge in [-0.15, -0.1) is 0 Å². The van der Waals surface area contributed by atoms with E-state index in [0.29, 0.717) is 10.9 Å². The molecule has 6 heteroatoms. The molecule has 2 aromatic rings. The number of nitrogens with zero attached hydrogens (tertiary/aromatic N) is 2. The molecule has 1 aromatic carbocycles. The number of hydrogen-bond donors (Lipinski definition) is 1. The molecular formula is C10H13N3O3. The first-order valence-corrected chi connectivity index (χ1v) is 4.88. The average Bonchev–Trinajstić information content (AvgIpc) is 2.76. The Kier molecular flexibility index (Phi) is 3.82. The number of nitrogens with one attached hydrogen (secondary N) is 1. The molecule has 0 fully saturated rings. The number of aromatic nitrogens is 2. The molecule has 86 valence electrons. The van der Waals surface area contributed by atoms with Crippen LogP contribution in [0.5, 0.6) is 5.75 Å². The number of ether oxygens (including phenoxy) is 1. The van der Waals surface area contributed by atoms with Crippen LogP contribution in [0.15, 0.2) is 18.3 Å². The number of benzene rings is 1. The third kappa shape index (κ3) is 2.10. The van der Waals surface area contributed by atoms with Gasteiger partial charge in [0.2, 0.25) is 0 Å². The van der Waals surface area contributed by atoms with E-state index in [-0.39, 0.29) is 11.4 Å². The van der Waals surface area contributed by atoms with Crippen LogP contribution in [0.2, 0.25) is 0 Å². The minimum Gasteiger partial charge on any atom is -0.490 e. The SMILES string of the molecule is CC.COc1cc2[nH]ncc2cc1[N+](=O)[O-]. The zero-order valence-electron chi connectivity index (χ0n) is 9.35. The molecule has 0 amide bonds. The lowest BCUT2D eigenvalue weighted by atomic mass is 10.2. The Morgan fingerprint density at radius 2 is 2.12 bits per heavy atom. The van der Waals surface area contributed by atoms with E-state index in [0.717, 1.165) is 0 Å². The molecule has 0 saturated heterocycles. The summed E-state index contributed by atoms with van der Waals surface area (Å²) in [4.78, 5) is 10.2. The second kappa shape index (κ2) is 5.11. The van der Waals surface area contributed by atoms with Gasteiger partial charge in [0.15, 0.2) is 5.75 Å². The second-order valence-electron chi connectivity index (χ2n) is 2.74. The maximum atomic E-state index is 10.6. The first kappa shape index (κ1) is 12.0. The molecule has 6 nitrogen and oxygen atoms in total. The van der Waals surface area contributed by atoms with E-state index in [9.17, 15) is 10.1 Å². The van der Waals surface area contributed by atoms with Crippen molar-refractivity contribution in [2.75, 3.05) is 7.11 Å². The number of methoxy groups -OCH3 is 1. The molecule has 1 aromatic heterocycles. The quantitative estimate of drug-likeness (QED) is 0.626. The van der Waals surface area contributed by atoms with Crippen molar-refractivity contribution in [1.82, 2.24) is 10.2 Å². The molecule has 0 aliphatic heterocycles. The number of hydrogen-bond acceptors (Lipinski definition) is 4. The fourth-order valence-electron chi connectivity index (χ4n) is 1.27. The van der Waals surface area contributed by atoms with Crippen LogP contribution in [0.25, 0.3) is 10.9 Å². The van der Waals surface area contributed by atoms with E-state index in [1.54, 1.807) is 6.07 Å². The molecule has 0 spiro atoms. The summed E-state index contributed by atoms with van der Waals surface area (Å²) in [6.45, 7) is 4.00. The van der Waals surface area contributed by atoms with E-state index < -0.39 is 4.92 Å². The Morgan fingerprint density at radius 3 is 2.69 bits per heavy atom. The van der Waals surface area contributed by atoms with E-state index in [1.165, 1.54) is 19.4 Å². The van der Waals surface area contributed by atoms with Crippen LogP contribution in [0.1, 0.15) is 13.8 Å². The van der Waals surface area contributed by atoms with Crippen LogP contribution in [0.4, 0.5) is 5.69 Å². The molecule has 0 radical (unpaired) electrons. The number of aromatic amines is 1. The van der Waals surface area contributed by atoms with E-state index in [1.807, 2.05) is 13.8 Å². The van der Waals surface area contributed by atoms with Crippen molar-refractivity contribution >= 4 is 16.6 Å². The highest BCUT2D eigenvalue weighted by molar-refractivity contribution is 5.83. The predicted octanol–water partition coefficient (Wildman–Crippen LogP) is 2.51. The molecule has 0 aliphatic rings. The van der Waals surface area contributed by atoms with Gasteiger partial charge in [0.25, 0.3) is 0 Å². The van der Waals surface area contributed by atoms with Crippen LogP contribution in [0, 0.1) is 10.1 Å². The van der Waals surface area contributed by atoms with Gasteiger partial charge in [-0.05, 0) is 0 Å². The summed E-state index contributed by atoms with van der Waals surface area (Å²) in [5, 5.41) is 17.8. The lowest BCUT2D eigenvalue weighted by Gasteiger charge is -2.00. The summed E-state index contributed by atoms with van der Waals surface area (Å²) in [6.07, 6.45) is 1.53. The zero-order valence-corrected chi connectivity index (χ0v) is 9.35. The average molecular weight is 223 g/mol. The molecule has 0 aliphatic carbocycles. The monoisotopic (exact) mass is 223 g/mol. The number of H-pyrrole nitrogens is 1. The summed E-state index contributed by atoms with van der Waals surface area (Å²) in [6, 6.07) is 2.98. The smallest absolute Gasteiger partial charge is 0.311 e. The summed E-state index contributed by atoms with van der Waals surface area (Å²) >= 11 is 0. The lowest BCUT2D eigenvalue weighted by molar-refractivity contribution is -0.385. The third-order valence-corrected chi connectivity index (χ3v) is 1.94. The normalized spacial score (nSPS) is 9.44. The van der Waals surface area contributed by atoms with E-state index in [2.05, 4.69) is 10.2 Å². The molecule has 0 saturated carbocycles. The Bertz CT molecular complexity index is 493. The van der Waals surface area contributed by atoms with Crippen LogP contribution in [0.3, 0.4) is 0 Å². The molecule has 0 bridgehead atoms. The molecule has 16 heavy (non-hydrogen) atoms. The van der Waals surface area contributed by atoms with Gasteiger partial charge >= 0.3 is 5.69 Å². The molecular weight excluding hydrogens is 210 g/mol. The number of nitro groups is 1. The Morgan fingerprint density at radius 1 is 1.44 bits per heavy atom. The Balaban J connectivity index is 0.000000606. The van der Waals surface area contributed by atoms with Gasteiger partial charge in [0.05, 0.1) is 23.7 Å². The van der Waals surface area contributed by atoms with E-state index >= 15 is 0 Å². The van der Waals surface area contributed by atoms with Crippen molar-refractivity contribution in [1.29, 1.82) is 0 Å². The first-order chi connectivity index (χ1) is 7.72. The highest BCUT2D eigenvalue weighted by Gasteiger charge is 2.16. The maximum absolute atomic E-state index is 10.6. The summed E-state index contributed by atoms with van der Waals surface area (Å²) < 4.78 is 4.89. The molecule has 1 N–H and O–H groups in total. The van der Waals surface area contributed by atoms with Gasteiger partial charge in [-0.3, -0.25) is 15.2 Å². The van der Waals surface area contributed by atoms with Gasteiger partial charge in [0, 0.05) is 17.5 Å². The van der Waals surface area contributed by atoms with Gasteiger partial charge in [0.1, 0.15) is 0 Å². The topological polar surface area (TPSA) is 81.0 Å². The summed E-state index contributed by atoms with van der Waals surface area (Å²) in [5.41, 5.74) is 0.661. The second-order valence-corrected chi connectivity index (χ2v) is 2.74. The van der Waals surface area contributed by atoms with Crippen LogP contribution in [-0.2, 0) is 0 Å². The van der Waals surface area contributed by atoms with Gasteiger partial charge < -0.3 is 4.74 Å². The minimum absolute atomic E-state index is 0.0543. The first-order valence-electron chi connectivity index (χ1n) is 4.88. The predicted molar refractivity (Wildman–Crippen MR) is 60.6 cm³/mol. The third-order valence-electron chi connectivity index (χ3n) is 1.94. The van der Waals surface area contributed by atoms with Crippen molar-refractivity contribution in [2.24, 2.45) is 0 Å². The highest BCUT2D eigenvalue weighted by Crippen LogP contribution is 2.30. The number of rotatable bonds is 2. The van der Waals surface area contributed by atoms with Crippen LogP contribution < -0.4 is 4.74 Å². The zero-order chi connectivity index (χ0) is 12.1. The van der Waals surface area contributed by atoms with Crippen molar-refractivity contribution in [3.63, 3.8) is 0 Å². The minimum atomic E-state index is -0.481. The van der Waals surface area contributed by atoms with Crippen LogP contribution in [-0.4, -0.2) is 22.2 Å². The van der Waals surface area contributed by atoms with Crippen molar-refractivity contribution < 1.29 is 9.66 Å². The fourth-order valence-corrected chi connectivity index (χ4v) is 1.27. The Hall–Kier alpha value is -2.11. The van der Waals surface area contributed by atoms with E-state index in [4.69, 9.17) is 4.74 Å². The van der Waals surface area contributed by atoms with Crippen LogP contribution >= 0.6 is 0 Å². The van der Waals surface area contributed by atoms with Crippen molar-refractivity contribution in [2.45, 2.75) is 13.8 Å². The summed E-state index contributed by atoms with van der Waals surface area (Å²) in [5.74, 6) is 0.228.